The molecule has 36 heavy (non-hydrogen) atoms. The molecule has 0 atom stereocenters. The summed E-state index contributed by atoms with van der Waals surface area (Å²) in [7, 11) is -1.16. The second-order valence-electron chi connectivity index (χ2n) is 8.51. The quantitative estimate of drug-likeness (QED) is 0.456. The fraction of sp³-hybridized carbons (Fsp3) is 0.296. The third-order valence-corrected chi connectivity index (χ3v) is 7.92. The van der Waals surface area contributed by atoms with Crippen LogP contribution >= 0.6 is 0 Å². The number of piperidine rings is 1. The fourth-order valence-electron chi connectivity index (χ4n) is 4.25. The van der Waals surface area contributed by atoms with E-state index >= 15 is 0 Å². The van der Waals surface area contributed by atoms with Gasteiger partial charge in [-0.1, -0.05) is 18.2 Å². The number of nitrogens with one attached hydrogen (secondary N) is 1. The monoisotopic (exact) mass is 509 g/mol. The van der Waals surface area contributed by atoms with Gasteiger partial charge >= 0.3 is 0 Å². The first-order valence-electron chi connectivity index (χ1n) is 11.9. The predicted molar refractivity (Wildman–Crippen MR) is 142 cm³/mol. The largest absolute Gasteiger partial charge is 0.497 e. The van der Waals surface area contributed by atoms with Gasteiger partial charge < -0.3 is 19.7 Å². The SMILES string of the molecule is COc1ccc(OC)c(N(CC(=O)Nc2ccc(N3CCCCC3)cc2)S(=O)(=O)c2ccccc2)c1. The van der Waals surface area contributed by atoms with Crippen molar-refractivity contribution in [2.24, 2.45) is 0 Å². The highest BCUT2D eigenvalue weighted by molar-refractivity contribution is 7.92. The van der Waals surface area contributed by atoms with Gasteiger partial charge in [0, 0.05) is 30.5 Å². The lowest BCUT2D eigenvalue weighted by atomic mass is 10.1. The standard InChI is InChI=1S/C27H31N3O5S/c1-34-23-15-16-26(35-2)25(19-23)30(36(32,33)24-9-5-3-6-10-24)20-27(31)28-21-11-13-22(14-12-21)29-17-7-4-8-18-29/h3,5-6,9-16,19H,4,7-8,17-18,20H2,1-2H3,(H,28,31). The van der Waals surface area contributed by atoms with Crippen LogP contribution in [0.2, 0.25) is 0 Å². The number of methoxy groups -OCH3 is 2. The summed E-state index contributed by atoms with van der Waals surface area (Å²) in [6.45, 7) is 1.61. The number of rotatable bonds is 9. The van der Waals surface area contributed by atoms with Crippen LogP contribution in [-0.2, 0) is 14.8 Å². The van der Waals surface area contributed by atoms with Crippen molar-refractivity contribution in [1.82, 2.24) is 0 Å². The Labute approximate surface area is 212 Å². The van der Waals surface area contributed by atoms with E-state index in [0.29, 0.717) is 17.2 Å². The molecule has 1 amide bonds. The number of carbonyl (C=O) groups is 1. The van der Waals surface area contributed by atoms with Gasteiger partial charge in [-0.25, -0.2) is 8.42 Å². The molecule has 0 aliphatic carbocycles. The van der Waals surface area contributed by atoms with E-state index < -0.39 is 22.5 Å². The Kier molecular flexibility index (Phi) is 8.00. The molecule has 190 valence electrons. The topological polar surface area (TPSA) is 88.2 Å². The number of amides is 1. The second kappa shape index (κ2) is 11.3. The molecule has 1 N–H and O–H groups in total. The van der Waals surface area contributed by atoms with Crippen molar-refractivity contribution in [2.45, 2.75) is 24.2 Å². The third-order valence-electron chi connectivity index (χ3n) is 6.15. The Bertz CT molecular complexity index is 1270. The summed E-state index contributed by atoms with van der Waals surface area (Å²) in [4.78, 5) is 15.5. The van der Waals surface area contributed by atoms with Crippen molar-refractivity contribution in [1.29, 1.82) is 0 Å². The normalized spacial score (nSPS) is 13.7. The number of benzene rings is 3. The van der Waals surface area contributed by atoms with E-state index in [9.17, 15) is 13.2 Å². The van der Waals surface area contributed by atoms with Gasteiger partial charge in [0.15, 0.2) is 0 Å². The van der Waals surface area contributed by atoms with Crippen LogP contribution in [0.3, 0.4) is 0 Å². The highest BCUT2D eigenvalue weighted by Gasteiger charge is 2.30. The molecule has 3 aromatic carbocycles. The van der Waals surface area contributed by atoms with Crippen LogP contribution in [0.25, 0.3) is 0 Å². The van der Waals surface area contributed by atoms with Crippen LogP contribution in [-0.4, -0.2) is 48.2 Å². The minimum Gasteiger partial charge on any atom is -0.497 e. The smallest absolute Gasteiger partial charge is 0.264 e. The van der Waals surface area contributed by atoms with E-state index in [1.807, 2.05) is 24.3 Å². The Morgan fingerprint density at radius 3 is 2.25 bits per heavy atom. The molecule has 0 unspecified atom stereocenters. The Morgan fingerprint density at radius 2 is 1.61 bits per heavy atom. The summed E-state index contributed by atoms with van der Waals surface area (Å²) in [6, 6.07) is 20.4. The zero-order valence-corrected chi connectivity index (χ0v) is 21.3. The first-order chi connectivity index (χ1) is 17.4. The molecule has 0 radical (unpaired) electrons. The summed E-state index contributed by atoms with van der Waals surface area (Å²) in [6.07, 6.45) is 3.61. The predicted octanol–water partition coefficient (Wildman–Crippen LogP) is 4.53. The molecule has 1 fully saturated rings. The number of ether oxygens (including phenoxy) is 2. The zero-order chi connectivity index (χ0) is 25.5. The van der Waals surface area contributed by atoms with Gasteiger partial charge in [0.05, 0.1) is 24.8 Å². The minimum atomic E-state index is -4.09. The van der Waals surface area contributed by atoms with E-state index in [4.69, 9.17) is 9.47 Å². The van der Waals surface area contributed by atoms with E-state index in [2.05, 4.69) is 10.2 Å². The van der Waals surface area contributed by atoms with Gasteiger partial charge in [-0.3, -0.25) is 9.10 Å². The van der Waals surface area contributed by atoms with Crippen LogP contribution in [0.15, 0.2) is 77.7 Å². The number of anilines is 3. The minimum absolute atomic E-state index is 0.0635. The van der Waals surface area contributed by atoms with Crippen molar-refractivity contribution < 1.29 is 22.7 Å². The molecule has 8 nitrogen and oxygen atoms in total. The van der Waals surface area contributed by atoms with Gasteiger partial charge in [-0.2, -0.15) is 0 Å². The Balaban J connectivity index is 1.60. The Hall–Kier alpha value is -3.72. The Morgan fingerprint density at radius 1 is 0.917 bits per heavy atom. The molecule has 4 rings (SSSR count). The molecule has 0 aromatic heterocycles. The van der Waals surface area contributed by atoms with Gasteiger partial charge in [0.1, 0.15) is 18.0 Å². The lowest BCUT2D eigenvalue weighted by molar-refractivity contribution is -0.114. The van der Waals surface area contributed by atoms with E-state index in [-0.39, 0.29) is 10.6 Å². The second-order valence-corrected chi connectivity index (χ2v) is 10.4. The van der Waals surface area contributed by atoms with Crippen LogP contribution in [0, 0.1) is 0 Å². The van der Waals surface area contributed by atoms with Crippen LogP contribution < -0.4 is 24.0 Å². The van der Waals surface area contributed by atoms with Crippen molar-refractivity contribution in [3.63, 3.8) is 0 Å². The van der Waals surface area contributed by atoms with E-state index in [1.165, 1.54) is 45.6 Å². The maximum absolute atomic E-state index is 13.7. The molecule has 0 saturated carbocycles. The summed E-state index contributed by atoms with van der Waals surface area (Å²) in [5.41, 5.74) is 1.91. The number of hydrogen-bond acceptors (Lipinski definition) is 6. The maximum atomic E-state index is 13.7. The average Bonchev–Trinajstić information content (AvgIpc) is 2.92. The van der Waals surface area contributed by atoms with Crippen molar-refractivity contribution in [3.8, 4) is 11.5 Å². The summed E-state index contributed by atoms with van der Waals surface area (Å²) in [5.74, 6) is 0.256. The first kappa shape index (κ1) is 25.4. The molecule has 1 aliphatic heterocycles. The molecule has 1 saturated heterocycles. The van der Waals surface area contributed by atoms with Gasteiger partial charge in [-0.15, -0.1) is 0 Å². The van der Waals surface area contributed by atoms with E-state index in [1.54, 1.807) is 36.4 Å². The molecule has 3 aromatic rings. The number of sulfonamides is 1. The van der Waals surface area contributed by atoms with Crippen molar-refractivity contribution in [2.75, 3.05) is 48.4 Å². The molecular weight excluding hydrogens is 478 g/mol. The highest BCUT2D eigenvalue weighted by Crippen LogP contribution is 2.35. The molecule has 0 spiro atoms. The molecule has 1 heterocycles. The zero-order valence-electron chi connectivity index (χ0n) is 20.5. The fourth-order valence-corrected chi connectivity index (χ4v) is 5.69. The van der Waals surface area contributed by atoms with Crippen LogP contribution in [0.4, 0.5) is 17.1 Å². The van der Waals surface area contributed by atoms with Crippen LogP contribution in [0.1, 0.15) is 19.3 Å². The highest BCUT2D eigenvalue weighted by atomic mass is 32.2. The first-order valence-corrected chi connectivity index (χ1v) is 13.3. The molecule has 1 aliphatic rings. The summed E-state index contributed by atoms with van der Waals surface area (Å²) < 4.78 is 39.1. The molecular formula is C27H31N3O5S. The van der Waals surface area contributed by atoms with Crippen molar-refractivity contribution in [3.05, 3.63) is 72.8 Å². The van der Waals surface area contributed by atoms with Gasteiger partial charge in [-0.05, 0) is 67.8 Å². The molecule has 9 heteroatoms. The number of nitrogens with zero attached hydrogens (tertiary/aromatic N) is 2. The van der Waals surface area contributed by atoms with Crippen LogP contribution in [0.5, 0.6) is 11.5 Å². The molecule has 0 bridgehead atoms. The summed E-state index contributed by atoms with van der Waals surface area (Å²) in [5, 5.41) is 2.83. The third kappa shape index (κ3) is 5.73. The maximum Gasteiger partial charge on any atom is 0.264 e. The number of hydrogen-bond donors (Lipinski definition) is 1. The lowest BCUT2D eigenvalue weighted by Gasteiger charge is -2.29. The van der Waals surface area contributed by atoms with Gasteiger partial charge in [0.2, 0.25) is 5.91 Å². The average molecular weight is 510 g/mol. The number of carbonyl (C=O) groups excluding carboxylic acids is 1. The van der Waals surface area contributed by atoms with Crippen molar-refractivity contribution >= 4 is 33.0 Å². The summed E-state index contributed by atoms with van der Waals surface area (Å²) >= 11 is 0. The van der Waals surface area contributed by atoms with E-state index in [0.717, 1.165) is 23.1 Å². The van der Waals surface area contributed by atoms with Gasteiger partial charge in [0.25, 0.3) is 10.0 Å². The lowest BCUT2D eigenvalue weighted by Crippen LogP contribution is -2.38.